The van der Waals surface area contributed by atoms with E-state index in [9.17, 15) is 4.79 Å². The van der Waals surface area contributed by atoms with Gasteiger partial charge in [0, 0.05) is 18.0 Å². The Kier molecular flexibility index (Phi) is 3.41. The van der Waals surface area contributed by atoms with Crippen LogP contribution in [0.25, 0.3) is 11.5 Å². The van der Waals surface area contributed by atoms with Crippen LogP contribution in [-0.2, 0) is 13.0 Å². The number of hydrogen-bond acceptors (Lipinski definition) is 6. The van der Waals surface area contributed by atoms with Crippen LogP contribution in [0.3, 0.4) is 0 Å². The van der Waals surface area contributed by atoms with Crippen LogP contribution in [-0.4, -0.2) is 39.4 Å². The molecular formula is C12H14N4O3S. The molecule has 1 aliphatic rings. The SMILES string of the molecule is CCN1CCc2c(sc(NC(=O)O)c2-c2nnco2)C1. The lowest BCUT2D eigenvalue weighted by Crippen LogP contribution is -2.29. The molecule has 0 fully saturated rings. The second-order valence-corrected chi connectivity index (χ2v) is 5.61. The lowest BCUT2D eigenvalue weighted by Gasteiger charge is -2.25. The van der Waals surface area contributed by atoms with Gasteiger partial charge in [-0.15, -0.1) is 21.5 Å². The van der Waals surface area contributed by atoms with Gasteiger partial charge in [-0.1, -0.05) is 6.92 Å². The minimum Gasteiger partial charge on any atom is -0.465 e. The molecule has 0 bridgehead atoms. The van der Waals surface area contributed by atoms with Crippen molar-refractivity contribution >= 4 is 22.4 Å². The van der Waals surface area contributed by atoms with Crippen LogP contribution < -0.4 is 5.32 Å². The van der Waals surface area contributed by atoms with Crippen molar-refractivity contribution in [3.05, 3.63) is 16.8 Å². The summed E-state index contributed by atoms with van der Waals surface area (Å²) in [6, 6.07) is 0. The summed E-state index contributed by atoms with van der Waals surface area (Å²) in [4.78, 5) is 14.4. The van der Waals surface area contributed by atoms with Crippen molar-refractivity contribution in [3.8, 4) is 11.5 Å². The molecule has 3 rings (SSSR count). The molecule has 0 atom stereocenters. The van der Waals surface area contributed by atoms with Gasteiger partial charge in [-0.3, -0.25) is 10.2 Å². The quantitative estimate of drug-likeness (QED) is 0.902. The van der Waals surface area contributed by atoms with E-state index in [0.717, 1.165) is 42.1 Å². The van der Waals surface area contributed by atoms with Crippen LogP contribution in [0.15, 0.2) is 10.8 Å². The molecule has 0 saturated carbocycles. The molecule has 0 saturated heterocycles. The molecule has 1 aliphatic heterocycles. The third kappa shape index (κ3) is 2.27. The van der Waals surface area contributed by atoms with Gasteiger partial charge in [-0.05, 0) is 18.5 Å². The van der Waals surface area contributed by atoms with Crippen molar-refractivity contribution in [2.24, 2.45) is 0 Å². The molecule has 0 aliphatic carbocycles. The van der Waals surface area contributed by atoms with Crippen molar-refractivity contribution in [2.45, 2.75) is 19.9 Å². The molecule has 8 heteroatoms. The van der Waals surface area contributed by atoms with Crippen molar-refractivity contribution in [2.75, 3.05) is 18.4 Å². The number of likely N-dealkylation sites (N-methyl/N-ethyl adjacent to an activating group) is 1. The zero-order chi connectivity index (χ0) is 14.1. The summed E-state index contributed by atoms with van der Waals surface area (Å²) in [5.74, 6) is 0.371. The Bertz CT molecular complexity index is 623. The predicted octanol–water partition coefficient (Wildman–Crippen LogP) is 2.27. The third-order valence-electron chi connectivity index (χ3n) is 3.38. The first kappa shape index (κ1) is 13.1. The summed E-state index contributed by atoms with van der Waals surface area (Å²) < 4.78 is 5.26. The average molecular weight is 294 g/mol. The lowest BCUT2D eigenvalue weighted by atomic mass is 10.0. The van der Waals surface area contributed by atoms with Gasteiger partial charge in [0.2, 0.25) is 6.39 Å². The Morgan fingerprint density at radius 3 is 3.15 bits per heavy atom. The number of nitrogens with one attached hydrogen (secondary N) is 1. The van der Waals surface area contributed by atoms with Gasteiger partial charge in [0.05, 0.1) is 5.56 Å². The standard InChI is InChI=1S/C12H14N4O3S/c1-2-16-4-3-7-8(5-16)20-11(14-12(17)18)9(7)10-15-13-6-19-10/h6,14H,2-5H2,1H3,(H,17,18). The van der Waals surface area contributed by atoms with Crippen molar-refractivity contribution in [3.63, 3.8) is 0 Å². The fourth-order valence-corrected chi connectivity index (χ4v) is 3.69. The van der Waals surface area contributed by atoms with E-state index in [0.29, 0.717) is 10.9 Å². The second kappa shape index (κ2) is 5.22. The van der Waals surface area contributed by atoms with Crippen molar-refractivity contribution < 1.29 is 14.3 Å². The monoisotopic (exact) mass is 294 g/mol. The first-order valence-electron chi connectivity index (χ1n) is 6.32. The fraction of sp³-hybridized carbons (Fsp3) is 0.417. The highest BCUT2D eigenvalue weighted by molar-refractivity contribution is 7.17. The summed E-state index contributed by atoms with van der Waals surface area (Å²) >= 11 is 1.45. The molecule has 1 amide bonds. The maximum atomic E-state index is 10.9. The highest BCUT2D eigenvalue weighted by Gasteiger charge is 2.27. The van der Waals surface area contributed by atoms with Crippen molar-refractivity contribution in [1.82, 2.24) is 15.1 Å². The first-order valence-corrected chi connectivity index (χ1v) is 7.14. The first-order chi connectivity index (χ1) is 9.69. The molecule has 7 nitrogen and oxygen atoms in total. The summed E-state index contributed by atoms with van der Waals surface area (Å²) in [5.41, 5.74) is 1.85. The molecule has 20 heavy (non-hydrogen) atoms. The van der Waals surface area contributed by atoms with Crippen LogP contribution in [0, 0.1) is 0 Å². The molecule has 3 heterocycles. The lowest BCUT2D eigenvalue weighted by molar-refractivity contribution is 0.210. The predicted molar refractivity (Wildman–Crippen MR) is 73.9 cm³/mol. The molecule has 2 aromatic rings. The normalized spacial score (nSPS) is 15.1. The Morgan fingerprint density at radius 1 is 1.65 bits per heavy atom. The van der Waals surface area contributed by atoms with Gasteiger partial charge < -0.3 is 9.52 Å². The molecule has 106 valence electrons. The van der Waals surface area contributed by atoms with Crippen molar-refractivity contribution in [1.29, 1.82) is 0 Å². The smallest absolute Gasteiger partial charge is 0.409 e. The zero-order valence-electron chi connectivity index (χ0n) is 10.9. The molecule has 0 radical (unpaired) electrons. The van der Waals surface area contributed by atoms with E-state index in [1.807, 2.05) is 0 Å². The Morgan fingerprint density at radius 2 is 2.50 bits per heavy atom. The van der Waals surface area contributed by atoms with Gasteiger partial charge in [0.25, 0.3) is 5.89 Å². The van der Waals surface area contributed by atoms with Gasteiger partial charge in [0.1, 0.15) is 5.00 Å². The van der Waals surface area contributed by atoms with E-state index in [1.165, 1.54) is 17.7 Å². The van der Waals surface area contributed by atoms with Gasteiger partial charge >= 0.3 is 6.09 Å². The Balaban J connectivity index is 2.06. The van der Waals surface area contributed by atoms with Crippen LogP contribution in [0.5, 0.6) is 0 Å². The van der Waals surface area contributed by atoms with E-state index in [1.54, 1.807) is 0 Å². The molecule has 0 unspecified atom stereocenters. The van der Waals surface area contributed by atoms with Crippen LogP contribution in [0.2, 0.25) is 0 Å². The Labute approximate surface area is 119 Å². The average Bonchev–Trinajstić information content (AvgIpc) is 3.03. The molecule has 0 aromatic carbocycles. The zero-order valence-corrected chi connectivity index (χ0v) is 11.7. The summed E-state index contributed by atoms with van der Waals surface area (Å²) in [6.07, 6.45) is 1.03. The van der Waals surface area contributed by atoms with Gasteiger partial charge in [-0.2, -0.15) is 0 Å². The van der Waals surface area contributed by atoms with Gasteiger partial charge in [0.15, 0.2) is 0 Å². The Hall–Kier alpha value is -1.93. The number of thiophene rings is 1. The van der Waals surface area contributed by atoms with Crippen LogP contribution in [0.4, 0.5) is 9.80 Å². The fourth-order valence-electron chi connectivity index (χ4n) is 2.42. The number of carbonyl (C=O) groups is 1. The number of fused-ring (bicyclic) bond motifs is 1. The summed E-state index contributed by atoms with van der Waals surface area (Å²) in [7, 11) is 0. The maximum absolute atomic E-state index is 10.9. The summed E-state index contributed by atoms with van der Waals surface area (Å²) in [5, 5.41) is 19.6. The van der Waals surface area contributed by atoms with E-state index in [2.05, 4.69) is 27.3 Å². The second-order valence-electron chi connectivity index (χ2n) is 4.50. The number of anilines is 1. The van der Waals surface area contributed by atoms with Crippen LogP contribution in [0.1, 0.15) is 17.4 Å². The van der Waals surface area contributed by atoms with E-state index in [4.69, 9.17) is 9.52 Å². The largest absolute Gasteiger partial charge is 0.465 e. The van der Waals surface area contributed by atoms with Crippen LogP contribution >= 0.6 is 11.3 Å². The molecule has 2 N–H and O–H groups in total. The van der Waals surface area contributed by atoms with Gasteiger partial charge in [-0.25, -0.2) is 4.79 Å². The van der Waals surface area contributed by atoms with E-state index >= 15 is 0 Å². The summed E-state index contributed by atoms with van der Waals surface area (Å²) in [6.45, 7) is 4.88. The third-order valence-corrected chi connectivity index (χ3v) is 4.51. The number of rotatable bonds is 3. The molecule has 2 aromatic heterocycles. The maximum Gasteiger partial charge on any atom is 0.409 e. The molecular weight excluding hydrogens is 280 g/mol. The number of nitrogens with zero attached hydrogens (tertiary/aromatic N) is 3. The number of amides is 1. The van der Waals surface area contributed by atoms with E-state index in [-0.39, 0.29) is 0 Å². The minimum atomic E-state index is -1.09. The number of carboxylic acid groups (broad SMARTS) is 1. The minimum absolute atomic E-state index is 0.371. The number of hydrogen-bond donors (Lipinski definition) is 2. The highest BCUT2D eigenvalue weighted by Crippen LogP contribution is 2.42. The molecule has 0 spiro atoms. The highest BCUT2D eigenvalue weighted by atomic mass is 32.1. The number of aromatic nitrogens is 2. The topological polar surface area (TPSA) is 91.5 Å². The van der Waals surface area contributed by atoms with E-state index < -0.39 is 6.09 Å².